The molecule has 0 bridgehead atoms. The Balaban J connectivity index is 2.13. The van der Waals surface area contributed by atoms with E-state index in [1.165, 1.54) is 28.4 Å². The molecule has 1 aromatic rings. The lowest BCUT2D eigenvalue weighted by molar-refractivity contribution is 0.558. The van der Waals surface area contributed by atoms with Gasteiger partial charge in [-0.3, -0.25) is 0 Å². The first-order valence-electron chi connectivity index (χ1n) is 5.67. The maximum atomic E-state index is 4.66. The summed E-state index contributed by atoms with van der Waals surface area (Å²) in [6, 6.07) is 0.778. The number of aryl methyl sites for hydroxylation is 1. The monoisotopic (exact) mass is 224 g/mol. The quantitative estimate of drug-likeness (QED) is 0.853. The predicted octanol–water partition coefficient (Wildman–Crippen LogP) is 3.00. The van der Waals surface area contributed by atoms with Crippen molar-refractivity contribution in [3.8, 4) is 0 Å². The van der Waals surface area contributed by atoms with Gasteiger partial charge >= 0.3 is 0 Å². The second kappa shape index (κ2) is 3.87. The van der Waals surface area contributed by atoms with Crippen LogP contribution in [-0.4, -0.2) is 11.0 Å². The minimum atomic E-state index is 0.172. The standard InChI is InChI=1S/C12H20N2S/c1-8-14-11(12(2,3)4)10(15-8)7-13-9-5-6-9/h9,13H,5-7H2,1-4H3. The molecule has 1 fully saturated rings. The number of rotatable bonds is 3. The van der Waals surface area contributed by atoms with Gasteiger partial charge in [0.2, 0.25) is 0 Å². The lowest BCUT2D eigenvalue weighted by Crippen LogP contribution is -2.19. The summed E-state index contributed by atoms with van der Waals surface area (Å²) in [5, 5.41) is 4.76. The fourth-order valence-corrected chi connectivity index (χ4v) is 2.80. The molecule has 0 aliphatic heterocycles. The summed E-state index contributed by atoms with van der Waals surface area (Å²) in [5.74, 6) is 0. The Labute approximate surface area is 96.1 Å². The maximum absolute atomic E-state index is 4.66. The Bertz CT molecular complexity index is 345. The largest absolute Gasteiger partial charge is 0.309 e. The van der Waals surface area contributed by atoms with E-state index in [9.17, 15) is 0 Å². The van der Waals surface area contributed by atoms with Crippen molar-refractivity contribution in [1.82, 2.24) is 10.3 Å². The zero-order valence-corrected chi connectivity index (χ0v) is 10.9. The van der Waals surface area contributed by atoms with E-state index in [-0.39, 0.29) is 5.41 Å². The van der Waals surface area contributed by atoms with E-state index in [0.717, 1.165) is 12.6 Å². The van der Waals surface area contributed by atoms with Crippen molar-refractivity contribution in [2.45, 2.75) is 58.5 Å². The van der Waals surface area contributed by atoms with Crippen molar-refractivity contribution in [2.24, 2.45) is 0 Å². The van der Waals surface area contributed by atoms with Crippen LogP contribution >= 0.6 is 11.3 Å². The second-order valence-electron chi connectivity index (χ2n) is 5.41. The molecule has 2 rings (SSSR count). The summed E-state index contributed by atoms with van der Waals surface area (Å²) in [4.78, 5) is 6.08. The van der Waals surface area contributed by atoms with Gasteiger partial charge in [0.25, 0.3) is 0 Å². The first-order chi connectivity index (χ1) is 6.97. The van der Waals surface area contributed by atoms with Crippen LogP contribution in [0.15, 0.2) is 0 Å². The minimum Gasteiger partial charge on any atom is -0.309 e. The molecular formula is C12H20N2S. The predicted molar refractivity (Wildman–Crippen MR) is 65.4 cm³/mol. The van der Waals surface area contributed by atoms with Gasteiger partial charge in [0.1, 0.15) is 0 Å². The lowest BCUT2D eigenvalue weighted by Gasteiger charge is -2.17. The Hall–Kier alpha value is -0.410. The van der Waals surface area contributed by atoms with E-state index >= 15 is 0 Å². The summed E-state index contributed by atoms with van der Waals surface area (Å²) in [6.45, 7) is 9.82. The van der Waals surface area contributed by atoms with Gasteiger partial charge in [-0.15, -0.1) is 11.3 Å². The zero-order valence-electron chi connectivity index (χ0n) is 10.1. The minimum absolute atomic E-state index is 0.172. The van der Waals surface area contributed by atoms with E-state index in [1.807, 2.05) is 11.3 Å². The normalized spacial score (nSPS) is 17.1. The number of hydrogen-bond acceptors (Lipinski definition) is 3. The van der Waals surface area contributed by atoms with Crippen LogP contribution < -0.4 is 5.32 Å². The number of aromatic nitrogens is 1. The van der Waals surface area contributed by atoms with Gasteiger partial charge in [-0.2, -0.15) is 0 Å². The molecule has 3 heteroatoms. The van der Waals surface area contributed by atoms with Gasteiger partial charge in [-0.25, -0.2) is 4.98 Å². The fraction of sp³-hybridized carbons (Fsp3) is 0.750. The molecule has 1 saturated carbocycles. The van der Waals surface area contributed by atoms with Crippen LogP contribution in [0.3, 0.4) is 0 Å². The van der Waals surface area contributed by atoms with Gasteiger partial charge in [-0.1, -0.05) is 20.8 Å². The highest BCUT2D eigenvalue weighted by molar-refractivity contribution is 7.11. The lowest BCUT2D eigenvalue weighted by atomic mass is 9.91. The first-order valence-corrected chi connectivity index (χ1v) is 6.48. The molecule has 0 saturated heterocycles. The van der Waals surface area contributed by atoms with Crippen LogP contribution in [0.4, 0.5) is 0 Å². The third-order valence-corrected chi connectivity index (χ3v) is 3.61. The molecule has 0 radical (unpaired) electrons. The Kier molecular flexibility index (Phi) is 2.86. The summed E-state index contributed by atoms with van der Waals surface area (Å²) in [6.07, 6.45) is 2.70. The Morgan fingerprint density at radius 1 is 1.40 bits per heavy atom. The number of nitrogens with zero attached hydrogens (tertiary/aromatic N) is 1. The van der Waals surface area contributed by atoms with Crippen molar-refractivity contribution >= 4 is 11.3 Å². The first kappa shape index (κ1) is 11.1. The van der Waals surface area contributed by atoms with Gasteiger partial charge in [0, 0.05) is 22.9 Å². The SMILES string of the molecule is Cc1nc(C(C)(C)C)c(CNC2CC2)s1. The Morgan fingerprint density at radius 2 is 2.07 bits per heavy atom. The van der Waals surface area contributed by atoms with Crippen LogP contribution in [0.2, 0.25) is 0 Å². The average Bonchev–Trinajstić information content (AvgIpc) is 2.85. The molecule has 15 heavy (non-hydrogen) atoms. The molecule has 0 unspecified atom stereocenters. The molecule has 0 atom stereocenters. The van der Waals surface area contributed by atoms with Crippen LogP contribution in [0.25, 0.3) is 0 Å². The van der Waals surface area contributed by atoms with E-state index in [1.54, 1.807) is 0 Å². The zero-order chi connectivity index (χ0) is 11.1. The summed E-state index contributed by atoms with van der Waals surface area (Å²) < 4.78 is 0. The Morgan fingerprint density at radius 3 is 2.60 bits per heavy atom. The third-order valence-electron chi connectivity index (χ3n) is 2.64. The number of nitrogens with one attached hydrogen (secondary N) is 1. The number of hydrogen-bond donors (Lipinski definition) is 1. The number of thiazole rings is 1. The molecule has 0 spiro atoms. The van der Waals surface area contributed by atoms with Crippen molar-refractivity contribution in [3.63, 3.8) is 0 Å². The van der Waals surface area contributed by atoms with E-state index in [0.29, 0.717) is 0 Å². The van der Waals surface area contributed by atoms with E-state index in [4.69, 9.17) is 0 Å². The van der Waals surface area contributed by atoms with Crippen molar-refractivity contribution < 1.29 is 0 Å². The highest BCUT2D eigenvalue weighted by Crippen LogP contribution is 2.30. The smallest absolute Gasteiger partial charge is 0.0900 e. The molecular weight excluding hydrogens is 204 g/mol. The van der Waals surface area contributed by atoms with Crippen molar-refractivity contribution in [2.75, 3.05) is 0 Å². The maximum Gasteiger partial charge on any atom is 0.0900 e. The molecule has 1 aliphatic rings. The highest BCUT2D eigenvalue weighted by Gasteiger charge is 2.25. The van der Waals surface area contributed by atoms with Gasteiger partial charge in [-0.05, 0) is 19.8 Å². The van der Waals surface area contributed by atoms with Crippen molar-refractivity contribution in [1.29, 1.82) is 0 Å². The van der Waals surface area contributed by atoms with E-state index in [2.05, 4.69) is 38.0 Å². The van der Waals surface area contributed by atoms with Crippen LogP contribution in [0, 0.1) is 6.92 Å². The summed E-state index contributed by atoms with van der Waals surface area (Å²) in [5.41, 5.74) is 1.45. The molecule has 1 aromatic heterocycles. The summed E-state index contributed by atoms with van der Waals surface area (Å²) in [7, 11) is 0. The van der Waals surface area contributed by atoms with Gasteiger partial charge in [0.05, 0.1) is 10.7 Å². The molecule has 84 valence electrons. The fourth-order valence-electron chi connectivity index (χ4n) is 1.70. The van der Waals surface area contributed by atoms with E-state index < -0.39 is 0 Å². The van der Waals surface area contributed by atoms with Gasteiger partial charge in [0.15, 0.2) is 0 Å². The molecule has 1 aliphatic carbocycles. The van der Waals surface area contributed by atoms with Crippen LogP contribution in [0.5, 0.6) is 0 Å². The highest BCUT2D eigenvalue weighted by atomic mass is 32.1. The van der Waals surface area contributed by atoms with Crippen LogP contribution in [-0.2, 0) is 12.0 Å². The molecule has 0 aromatic carbocycles. The summed E-state index contributed by atoms with van der Waals surface area (Å²) >= 11 is 1.84. The molecule has 1 N–H and O–H groups in total. The van der Waals surface area contributed by atoms with Crippen molar-refractivity contribution in [3.05, 3.63) is 15.6 Å². The average molecular weight is 224 g/mol. The third kappa shape index (κ3) is 2.79. The molecule has 0 amide bonds. The second-order valence-corrected chi connectivity index (χ2v) is 6.70. The van der Waals surface area contributed by atoms with Crippen LogP contribution in [0.1, 0.15) is 49.2 Å². The molecule has 1 heterocycles. The van der Waals surface area contributed by atoms with Gasteiger partial charge < -0.3 is 5.32 Å². The topological polar surface area (TPSA) is 24.9 Å². The molecule has 2 nitrogen and oxygen atoms in total.